The van der Waals surface area contributed by atoms with Gasteiger partial charge in [-0.1, -0.05) is 12.1 Å². The summed E-state index contributed by atoms with van der Waals surface area (Å²) in [7, 11) is 1.64. The number of hydrogen-bond acceptors (Lipinski definition) is 3. The molecule has 0 amide bonds. The molecule has 1 aromatic heterocycles. The lowest BCUT2D eigenvalue weighted by Gasteiger charge is -2.04. The molecule has 3 N–H and O–H groups in total. The Hall–Kier alpha value is -1.88. The first-order chi connectivity index (χ1) is 8.22. The highest BCUT2D eigenvalue weighted by atomic mass is 19.1. The van der Waals surface area contributed by atoms with E-state index in [0.717, 1.165) is 16.8 Å². The molecule has 90 valence electrons. The van der Waals surface area contributed by atoms with Crippen LogP contribution in [0.5, 0.6) is 0 Å². The van der Waals surface area contributed by atoms with E-state index in [1.165, 1.54) is 12.1 Å². The van der Waals surface area contributed by atoms with Gasteiger partial charge in [0.05, 0.1) is 6.61 Å². The lowest BCUT2D eigenvalue weighted by Crippen LogP contribution is -1.97. The molecule has 0 aliphatic rings. The summed E-state index contributed by atoms with van der Waals surface area (Å²) in [5.41, 5.74) is 8.38. The zero-order valence-electron chi connectivity index (χ0n) is 9.53. The van der Waals surface area contributed by atoms with E-state index in [0.29, 0.717) is 18.8 Å². The summed E-state index contributed by atoms with van der Waals surface area (Å²) in [5, 5.41) is 6.84. The second-order valence-electron chi connectivity index (χ2n) is 3.71. The van der Waals surface area contributed by atoms with Crippen LogP contribution in [0.25, 0.3) is 11.1 Å². The molecule has 0 aliphatic heterocycles. The van der Waals surface area contributed by atoms with Crippen molar-refractivity contribution in [3.8, 4) is 11.1 Å². The van der Waals surface area contributed by atoms with Gasteiger partial charge in [0.1, 0.15) is 5.82 Å². The molecule has 1 aromatic carbocycles. The highest BCUT2D eigenvalue weighted by Crippen LogP contribution is 2.28. The van der Waals surface area contributed by atoms with E-state index < -0.39 is 0 Å². The zero-order valence-corrected chi connectivity index (χ0v) is 9.53. The summed E-state index contributed by atoms with van der Waals surface area (Å²) in [6.07, 6.45) is 0.688. The Morgan fingerprint density at radius 2 is 2.06 bits per heavy atom. The van der Waals surface area contributed by atoms with Crippen molar-refractivity contribution in [1.82, 2.24) is 10.2 Å². The Balaban J connectivity index is 2.36. The number of nitrogen functional groups attached to an aromatic ring is 1. The average molecular weight is 235 g/mol. The van der Waals surface area contributed by atoms with Crippen LogP contribution in [0.15, 0.2) is 24.3 Å². The Morgan fingerprint density at radius 3 is 2.71 bits per heavy atom. The topological polar surface area (TPSA) is 63.9 Å². The molecule has 0 fully saturated rings. The van der Waals surface area contributed by atoms with E-state index in [1.54, 1.807) is 19.2 Å². The van der Waals surface area contributed by atoms with Crippen LogP contribution in [0.4, 0.5) is 10.2 Å². The molecule has 2 rings (SSSR count). The number of hydrogen-bond donors (Lipinski definition) is 2. The normalized spacial score (nSPS) is 10.7. The minimum Gasteiger partial charge on any atom is -0.384 e. The number of nitrogens with zero attached hydrogens (tertiary/aromatic N) is 1. The van der Waals surface area contributed by atoms with Crippen LogP contribution in [0, 0.1) is 5.82 Å². The fourth-order valence-electron chi connectivity index (χ4n) is 1.72. The molecule has 17 heavy (non-hydrogen) atoms. The van der Waals surface area contributed by atoms with Crippen molar-refractivity contribution < 1.29 is 9.13 Å². The van der Waals surface area contributed by atoms with Crippen LogP contribution >= 0.6 is 0 Å². The molecule has 0 radical (unpaired) electrons. The number of methoxy groups -OCH3 is 1. The highest BCUT2D eigenvalue weighted by Gasteiger charge is 2.12. The Morgan fingerprint density at radius 1 is 1.35 bits per heavy atom. The van der Waals surface area contributed by atoms with Gasteiger partial charge in [-0.3, -0.25) is 5.10 Å². The third kappa shape index (κ3) is 2.45. The van der Waals surface area contributed by atoms with Gasteiger partial charge in [0.25, 0.3) is 0 Å². The molecular weight excluding hydrogens is 221 g/mol. The minimum atomic E-state index is -0.269. The fraction of sp³-hybridized carbons (Fsp3) is 0.250. The van der Waals surface area contributed by atoms with E-state index >= 15 is 0 Å². The SMILES string of the molecule is COCCc1[nH]nc(N)c1-c1ccc(F)cc1. The molecule has 0 aliphatic carbocycles. The summed E-state index contributed by atoms with van der Waals surface area (Å²) in [4.78, 5) is 0. The number of anilines is 1. The van der Waals surface area contributed by atoms with Crippen LogP contribution in [-0.4, -0.2) is 23.9 Å². The molecule has 0 spiro atoms. The van der Waals surface area contributed by atoms with Crippen molar-refractivity contribution in [2.75, 3.05) is 19.5 Å². The predicted molar refractivity (Wildman–Crippen MR) is 64.0 cm³/mol. The van der Waals surface area contributed by atoms with E-state index in [-0.39, 0.29) is 5.82 Å². The van der Waals surface area contributed by atoms with Crippen LogP contribution in [0.2, 0.25) is 0 Å². The fourth-order valence-corrected chi connectivity index (χ4v) is 1.72. The largest absolute Gasteiger partial charge is 0.384 e. The molecule has 0 unspecified atom stereocenters. The Labute approximate surface area is 98.6 Å². The summed E-state index contributed by atoms with van der Waals surface area (Å²) in [5.74, 6) is 0.150. The van der Waals surface area contributed by atoms with Crippen molar-refractivity contribution in [3.63, 3.8) is 0 Å². The van der Waals surface area contributed by atoms with Gasteiger partial charge in [-0.2, -0.15) is 5.10 Å². The quantitative estimate of drug-likeness (QED) is 0.851. The number of ether oxygens (including phenoxy) is 1. The van der Waals surface area contributed by atoms with Gasteiger partial charge in [0.2, 0.25) is 0 Å². The van der Waals surface area contributed by atoms with Gasteiger partial charge >= 0.3 is 0 Å². The first kappa shape index (κ1) is 11.6. The van der Waals surface area contributed by atoms with E-state index in [9.17, 15) is 4.39 Å². The summed E-state index contributed by atoms with van der Waals surface area (Å²) in [6.45, 7) is 0.579. The summed E-state index contributed by atoms with van der Waals surface area (Å²) in [6, 6.07) is 6.18. The number of halogens is 1. The highest BCUT2D eigenvalue weighted by molar-refractivity contribution is 5.76. The Bertz CT molecular complexity index is 493. The van der Waals surface area contributed by atoms with E-state index in [4.69, 9.17) is 10.5 Å². The molecule has 1 heterocycles. The first-order valence-electron chi connectivity index (χ1n) is 5.30. The maximum absolute atomic E-state index is 12.9. The average Bonchev–Trinajstić information content (AvgIpc) is 2.69. The third-order valence-electron chi connectivity index (χ3n) is 2.56. The molecule has 0 saturated heterocycles. The molecular formula is C12H14FN3O. The van der Waals surface area contributed by atoms with Crippen LogP contribution < -0.4 is 5.73 Å². The second kappa shape index (κ2) is 4.97. The molecule has 0 bridgehead atoms. The second-order valence-corrected chi connectivity index (χ2v) is 3.71. The van der Waals surface area contributed by atoms with Crippen molar-refractivity contribution >= 4 is 5.82 Å². The molecule has 5 heteroatoms. The predicted octanol–water partition coefficient (Wildman–Crippen LogP) is 1.99. The number of rotatable bonds is 4. The smallest absolute Gasteiger partial charge is 0.153 e. The maximum atomic E-state index is 12.9. The van der Waals surface area contributed by atoms with E-state index in [2.05, 4.69) is 10.2 Å². The van der Waals surface area contributed by atoms with Gasteiger partial charge in [-0.15, -0.1) is 0 Å². The lowest BCUT2D eigenvalue weighted by atomic mass is 10.0. The number of nitrogens with two attached hydrogens (primary N) is 1. The Kier molecular flexibility index (Phi) is 3.39. The number of aromatic nitrogens is 2. The lowest BCUT2D eigenvalue weighted by molar-refractivity contribution is 0.201. The molecule has 4 nitrogen and oxygen atoms in total. The number of benzene rings is 1. The van der Waals surface area contributed by atoms with Gasteiger partial charge in [0.15, 0.2) is 5.82 Å². The van der Waals surface area contributed by atoms with Gasteiger partial charge in [-0.05, 0) is 17.7 Å². The van der Waals surface area contributed by atoms with Crippen LogP contribution in [0.3, 0.4) is 0 Å². The van der Waals surface area contributed by atoms with Gasteiger partial charge in [-0.25, -0.2) is 4.39 Å². The van der Waals surface area contributed by atoms with Crippen molar-refractivity contribution in [2.24, 2.45) is 0 Å². The van der Waals surface area contributed by atoms with E-state index in [1.807, 2.05) is 0 Å². The van der Waals surface area contributed by atoms with Crippen molar-refractivity contribution in [2.45, 2.75) is 6.42 Å². The molecule has 0 saturated carbocycles. The van der Waals surface area contributed by atoms with Crippen LogP contribution in [0.1, 0.15) is 5.69 Å². The number of nitrogens with one attached hydrogen (secondary N) is 1. The molecule has 0 atom stereocenters. The third-order valence-corrected chi connectivity index (χ3v) is 2.56. The minimum absolute atomic E-state index is 0.269. The van der Waals surface area contributed by atoms with Crippen LogP contribution in [-0.2, 0) is 11.2 Å². The number of aromatic amines is 1. The first-order valence-corrected chi connectivity index (χ1v) is 5.30. The summed E-state index contributed by atoms with van der Waals surface area (Å²) >= 11 is 0. The maximum Gasteiger partial charge on any atom is 0.153 e. The standard InChI is InChI=1S/C12H14FN3O/c1-17-7-6-10-11(12(14)16-15-10)8-2-4-9(13)5-3-8/h2-5H,6-7H2,1H3,(H3,14,15,16). The monoisotopic (exact) mass is 235 g/mol. The van der Waals surface area contributed by atoms with Gasteiger partial charge < -0.3 is 10.5 Å². The van der Waals surface area contributed by atoms with Crippen molar-refractivity contribution in [1.29, 1.82) is 0 Å². The summed E-state index contributed by atoms with van der Waals surface area (Å²) < 4.78 is 17.9. The molecule has 2 aromatic rings. The van der Waals surface area contributed by atoms with Gasteiger partial charge in [0, 0.05) is 24.8 Å². The zero-order chi connectivity index (χ0) is 12.3. The van der Waals surface area contributed by atoms with Crippen molar-refractivity contribution in [3.05, 3.63) is 35.8 Å². The number of H-pyrrole nitrogens is 1.